The summed E-state index contributed by atoms with van der Waals surface area (Å²) in [5.41, 5.74) is 2.47. The Kier molecular flexibility index (Phi) is 7.23. The lowest BCUT2D eigenvalue weighted by molar-refractivity contribution is -0.120. The maximum Gasteiger partial charge on any atom is 0.221 e. The van der Waals surface area contributed by atoms with Gasteiger partial charge in [-0.25, -0.2) is 4.68 Å². The number of likely N-dealkylation sites (tertiary alicyclic amines) is 1. The van der Waals surface area contributed by atoms with Crippen LogP contribution in [-0.4, -0.2) is 49.4 Å². The fourth-order valence-electron chi connectivity index (χ4n) is 3.26. The highest BCUT2D eigenvalue weighted by Gasteiger charge is 2.17. The van der Waals surface area contributed by atoms with E-state index in [0.717, 1.165) is 17.3 Å². The molecule has 1 saturated heterocycles. The molecule has 1 aromatic carbocycles. The Hall–Kier alpha value is -1.93. The number of carbonyl (C=O) groups is 1. The van der Waals surface area contributed by atoms with Crippen LogP contribution in [0.15, 0.2) is 29.4 Å². The van der Waals surface area contributed by atoms with Crippen LogP contribution >= 0.6 is 11.8 Å². The summed E-state index contributed by atoms with van der Waals surface area (Å²) in [7, 11) is 1.79. The van der Waals surface area contributed by atoms with Gasteiger partial charge in [0.2, 0.25) is 11.1 Å². The van der Waals surface area contributed by atoms with Crippen LogP contribution in [0.3, 0.4) is 0 Å². The smallest absolute Gasteiger partial charge is 0.221 e. The number of nitrogens with zero attached hydrogens (tertiary/aromatic N) is 5. The first-order chi connectivity index (χ1) is 13.1. The van der Waals surface area contributed by atoms with Crippen LogP contribution in [0.1, 0.15) is 43.7 Å². The van der Waals surface area contributed by atoms with Crippen LogP contribution in [0.4, 0.5) is 0 Å². The second kappa shape index (κ2) is 9.85. The van der Waals surface area contributed by atoms with Gasteiger partial charge in [-0.2, -0.15) is 0 Å². The van der Waals surface area contributed by atoms with E-state index in [1.54, 1.807) is 11.7 Å². The highest BCUT2D eigenvalue weighted by atomic mass is 32.2. The second-order valence-electron chi connectivity index (χ2n) is 7.09. The number of aromatic nitrogens is 4. The summed E-state index contributed by atoms with van der Waals surface area (Å²) < 4.78 is 1.61. The maximum atomic E-state index is 12.0. The Bertz CT molecular complexity index is 732. The largest absolute Gasteiger partial charge is 0.352 e. The van der Waals surface area contributed by atoms with Crippen molar-refractivity contribution in [1.82, 2.24) is 30.4 Å². The molecular weight excluding hydrogens is 360 g/mol. The molecule has 1 N–H and O–H groups in total. The van der Waals surface area contributed by atoms with Gasteiger partial charge in [0.15, 0.2) is 0 Å². The molecule has 146 valence electrons. The summed E-state index contributed by atoms with van der Waals surface area (Å²) >= 11 is 1.48. The Morgan fingerprint density at radius 1 is 1.26 bits per heavy atom. The quantitative estimate of drug-likeness (QED) is 0.700. The van der Waals surface area contributed by atoms with Gasteiger partial charge in [0.05, 0.1) is 0 Å². The normalized spacial score (nSPS) is 17.8. The van der Waals surface area contributed by atoms with Gasteiger partial charge < -0.3 is 5.32 Å². The zero-order valence-electron chi connectivity index (χ0n) is 16.1. The van der Waals surface area contributed by atoms with E-state index in [9.17, 15) is 4.79 Å². The molecule has 1 aromatic heterocycles. The topological polar surface area (TPSA) is 75.9 Å². The van der Waals surface area contributed by atoms with Crippen LogP contribution in [-0.2, 0) is 24.9 Å². The fraction of sp³-hybridized carbons (Fsp3) is 0.579. The van der Waals surface area contributed by atoms with Crippen molar-refractivity contribution in [3.8, 4) is 0 Å². The number of amides is 1. The van der Waals surface area contributed by atoms with E-state index >= 15 is 0 Å². The third kappa shape index (κ3) is 6.04. The Morgan fingerprint density at radius 2 is 2.04 bits per heavy atom. The molecule has 3 rings (SSSR count). The molecule has 1 aliphatic rings. The third-order valence-corrected chi connectivity index (χ3v) is 5.99. The summed E-state index contributed by atoms with van der Waals surface area (Å²) in [6, 6.07) is 9.27. The standard InChI is InChI=1S/C19H28N6OS/c1-15-5-3-4-11-25(15)14-17-8-6-16(7-9-17)13-20-18(26)10-12-27-19-21-22-23-24(19)2/h6-9,15H,3-5,10-14H2,1-2H3,(H,20,26). The number of hydrogen-bond acceptors (Lipinski definition) is 6. The summed E-state index contributed by atoms with van der Waals surface area (Å²) in [6.07, 6.45) is 4.40. The number of aryl methyl sites for hydroxylation is 1. The van der Waals surface area contributed by atoms with Crippen molar-refractivity contribution in [3.05, 3.63) is 35.4 Å². The second-order valence-corrected chi connectivity index (χ2v) is 8.15. The number of hydrogen-bond donors (Lipinski definition) is 1. The van der Waals surface area contributed by atoms with Crippen LogP contribution in [0.5, 0.6) is 0 Å². The molecule has 0 radical (unpaired) electrons. The molecule has 7 nitrogen and oxygen atoms in total. The monoisotopic (exact) mass is 388 g/mol. The van der Waals surface area contributed by atoms with Gasteiger partial charge in [-0.15, -0.1) is 5.10 Å². The van der Waals surface area contributed by atoms with Gasteiger partial charge in [0, 0.05) is 38.4 Å². The molecule has 2 heterocycles. The first-order valence-electron chi connectivity index (χ1n) is 9.55. The van der Waals surface area contributed by atoms with E-state index in [2.05, 4.69) is 56.9 Å². The van der Waals surface area contributed by atoms with E-state index in [-0.39, 0.29) is 5.91 Å². The van der Waals surface area contributed by atoms with Crippen molar-refractivity contribution in [1.29, 1.82) is 0 Å². The Morgan fingerprint density at radius 3 is 2.74 bits per heavy atom. The number of thioether (sulfide) groups is 1. The highest BCUT2D eigenvalue weighted by molar-refractivity contribution is 7.99. The van der Waals surface area contributed by atoms with Gasteiger partial charge in [0.1, 0.15) is 0 Å². The molecule has 0 saturated carbocycles. The maximum absolute atomic E-state index is 12.0. The Labute approximate surface area is 164 Å². The average Bonchev–Trinajstić information content (AvgIpc) is 3.08. The molecule has 1 atom stereocenters. The molecule has 1 fully saturated rings. The van der Waals surface area contributed by atoms with Crippen molar-refractivity contribution in [2.24, 2.45) is 7.05 Å². The predicted molar refractivity (Wildman–Crippen MR) is 106 cm³/mol. The van der Waals surface area contributed by atoms with Crippen molar-refractivity contribution in [3.63, 3.8) is 0 Å². The van der Waals surface area contributed by atoms with Crippen LogP contribution in [0.25, 0.3) is 0 Å². The van der Waals surface area contributed by atoms with Gasteiger partial charge in [0.25, 0.3) is 0 Å². The predicted octanol–water partition coefficient (Wildman–Crippen LogP) is 2.38. The van der Waals surface area contributed by atoms with Crippen LogP contribution < -0.4 is 5.32 Å². The van der Waals surface area contributed by atoms with Gasteiger partial charge >= 0.3 is 0 Å². The number of carbonyl (C=O) groups excluding carboxylic acids is 1. The molecular formula is C19H28N6OS. The van der Waals surface area contributed by atoms with E-state index in [4.69, 9.17) is 0 Å². The van der Waals surface area contributed by atoms with E-state index < -0.39 is 0 Å². The van der Waals surface area contributed by atoms with Crippen molar-refractivity contribution < 1.29 is 4.79 Å². The lowest BCUT2D eigenvalue weighted by Crippen LogP contribution is -2.36. The molecule has 1 aliphatic heterocycles. The molecule has 8 heteroatoms. The average molecular weight is 389 g/mol. The minimum Gasteiger partial charge on any atom is -0.352 e. The third-order valence-electron chi connectivity index (χ3n) is 4.98. The lowest BCUT2D eigenvalue weighted by Gasteiger charge is -2.33. The summed E-state index contributed by atoms with van der Waals surface area (Å²) in [6.45, 7) is 5.10. The highest BCUT2D eigenvalue weighted by Crippen LogP contribution is 2.19. The summed E-state index contributed by atoms with van der Waals surface area (Å²) in [5, 5.41) is 14.9. The van der Waals surface area contributed by atoms with Gasteiger partial charge in [-0.3, -0.25) is 9.69 Å². The molecule has 27 heavy (non-hydrogen) atoms. The minimum atomic E-state index is 0.0452. The number of nitrogens with one attached hydrogen (secondary N) is 1. The molecule has 2 aromatic rings. The van der Waals surface area contributed by atoms with Crippen molar-refractivity contribution in [2.75, 3.05) is 12.3 Å². The molecule has 0 bridgehead atoms. The van der Waals surface area contributed by atoms with Crippen molar-refractivity contribution in [2.45, 2.75) is 56.9 Å². The van der Waals surface area contributed by atoms with Gasteiger partial charge in [-0.1, -0.05) is 42.4 Å². The first kappa shape index (κ1) is 19.8. The van der Waals surface area contributed by atoms with Crippen molar-refractivity contribution >= 4 is 17.7 Å². The Balaban J connectivity index is 1.37. The first-order valence-corrected chi connectivity index (χ1v) is 10.5. The van der Waals surface area contributed by atoms with Gasteiger partial charge in [-0.05, 0) is 47.9 Å². The number of piperidine rings is 1. The fourth-order valence-corrected chi connectivity index (χ4v) is 4.04. The lowest BCUT2D eigenvalue weighted by atomic mass is 10.0. The number of tetrazole rings is 1. The molecule has 0 aliphatic carbocycles. The van der Waals surface area contributed by atoms with Crippen LogP contribution in [0, 0.1) is 0 Å². The summed E-state index contributed by atoms with van der Waals surface area (Å²) in [4.78, 5) is 14.6. The molecule has 1 amide bonds. The van der Waals surface area contributed by atoms with E-state index in [0.29, 0.717) is 24.8 Å². The zero-order valence-corrected chi connectivity index (χ0v) is 16.9. The number of benzene rings is 1. The summed E-state index contributed by atoms with van der Waals surface area (Å²) in [5.74, 6) is 0.705. The van der Waals surface area contributed by atoms with E-state index in [1.165, 1.54) is 43.1 Å². The zero-order chi connectivity index (χ0) is 19.1. The number of rotatable bonds is 8. The molecule has 1 unspecified atom stereocenters. The van der Waals surface area contributed by atoms with E-state index in [1.807, 2.05) is 0 Å². The minimum absolute atomic E-state index is 0.0452. The molecule has 0 spiro atoms. The van der Waals surface area contributed by atoms with Crippen LogP contribution in [0.2, 0.25) is 0 Å². The SMILES string of the molecule is CC1CCCCN1Cc1ccc(CNC(=O)CCSc2nnnn2C)cc1.